The topological polar surface area (TPSA) is 158 Å². The lowest BCUT2D eigenvalue weighted by molar-refractivity contribution is -0.310. The van der Waals surface area contributed by atoms with Crippen molar-refractivity contribution in [1.82, 2.24) is 0 Å². The quantitative estimate of drug-likeness (QED) is 0.240. The Bertz CT molecular complexity index is 631. The maximum atomic E-state index is 10.2. The van der Waals surface area contributed by atoms with E-state index < -0.39 is 61.9 Å². The van der Waals surface area contributed by atoms with Crippen LogP contribution in [0.15, 0.2) is 30.3 Å². The molecule has 9 atom stereocenters. The molecule has 2 aliphatic heterocycles. The first-order chi connectivity index (χ1) is 14.4. The molecule has 2 heterocycles. The summed E-state index contributed by atoms with van der Waals surface area (Å²) in [6.45, 7) is -0.534. The average Bonchev–Trinajstić information content (AvgIpc) is 3.04. The first kappa shape index (κ1) is 23.5. The van der Waals surface area contributed by atoms with Crippen molar-refractivity contribution in [3.05, 3.63) is 35.9 Å². The van der Waals surface area contributed by atoms with E-state index in [1.807, 2.05) is 30.3 Å². The van der Waals surface area contributed by atoms with Crippen molar-refractivity contribution < 1.29 is 49.6 Å². The van der Waals surface area contributed by atoms with E-state index in [-0.39, 0.29) is 13.2 Å². The number of ether oxygens (including phenoxy) is 4. The smallest absolute Gasteiger partial charge is 0.186 e. The standard InChI is InChI=1S/C20H30O10/c21-9-12-14(22)17(25)20(29-12)28-10-13-15(23)16(24)18(26)19(30-13)27-8-4-7-11-5-2-1-3-6-11/h1-3,5-6,12-26H,4,7-10H2. The lowest BCUT2D eigenvalue weighted by Gasteiger charge is -2.40. The van der Waals surface area contributed by atoms with Crippen molar-refractivity contribution in [2.24, 2.45) is 0 Å². The fraction of sp³-hybridized carbons (Fsp3) is 0.700. The zero-order valence-corrected chi connectivity index (χ0v) is 16.4. The fourth-order valence-corrected chi connectivity index (χ4v) is 3.51. The predicted molar refractivity (Wildman–Crippen MR) is 101 cm³/mol. The Labute approximate surface area is 174 Å². The molecule has 0 radical (unpaired) electrons. The summed E-state index contributed by atoms with van der Waals surface area (Å²) in [5.41, 5.74) is 1.14. The highest BCUT2D eigenvalue weighted by Crippen LogP contribution is 2.26. The van der Waals surface area contributed by atoms with Crippen molar-refractivity contribution >= 4 is 0 Å². The van der Waals surface area contributed by atoms with E-state index in [0.29, 0.717) is 6.42 Å². The molecule has 10 heteroatoms. The first-order valence-corrected chi connectivity index (χ1v) is 10.0. The van der Waals surface area contributed by atoms with Crippen LogP contribution in [-0.4, -0.2) is 106 Å². The van der Waals surface area contributed by atoms with Crippen LogP contribution in [0.3, 0.4) is 0 Å². The number of aliphatic hydroxyl groups is 6. The number of aryl methyl sites for hydroxylation is 1. The van der Waals surface area contributed by atoms with Gasteiger partial charge in [-0.15, -0.1) is 0 Å². The molecule has 30 heavy (non-hydrogen) atoms. The van der Waals surface area contributed by atoms with E-state index in [1.54, 1.807) is 0 Å². The number of rotatable bonds is 9. The van der Waals surface area contributed by atoms with Gasteiger partial charge in [0.15, 0.2) is 12.6 Å². The molecule has 6 N–H and O–H groups in total. The Kier molecular flexibility index (Phi) is 8.54. The Hall–Kier alpha value is -1.18. The van der Waals surface area contributed by atoms with E-state index >= 15 is 0 Å². The highest BCUT2D eigenvalue weighted by atomic mass is 16.7. The predicted octanol–water partition coefficient (Wildman–Crippen LogP) is -2.10. The van der Waals surface area contributed by atoms with Crippen LogP contribution in [0.1, 0.15) is 12.0 Å². The van der Waals surface area contributed by atoms with Gasteiger partial charge in [0.1, 0.15) is 42.7 Å². The van der Waals surface area contributed by atoms with Crippen molar-refractivity contribution in [3.8, 4) is 0 Å². The monoisotopic (exact) mass is 430 g/mol. The van der Waals surface area contributed by atoms with Crippen molar-refractivity contribution in [3.63, 3.8) is 0 Å². The minimum absolute atomic E-state index is 0.266. The average molecular weight is 430 g/mol. The molecule has 10 nitrogen and oxygen atoms in total. The lowest BCUT2D eigenvalue weighted by Crippen LogP contribution is -2.59. The van der Waals surface area contributed by atoms with E-state index in [4.69, 9.17) is 24.1 Å². The Morgan fingerprint density at radius 2 is 1.33 bits per heavy atom. The van der Waals surface area contributed by atoms with E-state index in [2.05, 4.69) is 0 Å². The van der Waals surface area contributed by atoms with E-state index in [0.717, 1.165) is 12.0 Å². The molecule has 0 spiro atoms. The van der Waals surface area contributed by atoms with Crippen molar-refractivity contribution in [2.75, 3.05) is 19.8 Å². The molecule has 2 fully saturated rings. The second-order valence-electron chi connectivity index (χ2n) is 7.51. The third-order valence-electron chi connectivity index (χ3n) is 5.33. The summed E-state index contributed by atoms with van der Waals surface area (Å²) >= 11 is 0. The molecule has 170 valence electrons. The molecule has 2 saturated heterocycles. The SMILES string of the molecule is OCC1OC(OCC2OC(OCCCc3ccccc3)C(O)C(O)C2O)C(O)C1O. The molecule has 9 unspecified atom stereocenters. The van der Waals surface area contributed by atoms with Gasteiger partial charge < -0.3 is 49.6 Å². The number of benzene rings is 1. The van der Waals surface area contributed by atoms with E-state index in [1.165, 1.54) is 0 Å². The number of hydrogen-bond donors (Lipinski definition) is 6. The van der Waals surface area contributed by atoms with Crippen LogP contribution in [0.25, 0.3) is 0 Å². The van der Waals surface area contributed by atoms with Gasteiger partial charge in [-0.05, 0) is 18.4 Å². The minimum atomic E-state index is -1.52. The van der Waals surface area contributed by atoms with Gasteiger partial charge in [0.2, 0.25) is 0 Å². The van der Waals surface area contributed by atoms with Crippen molar-refractivity contribution in [1.29, 1.82) is 0 Å². The van der Waals surface area contributed by atoms with Gasteiger partial charge in [0.05, 0.1) is 19.8 Å². The van der Waals surface area contributed by atoms with Crippen LogP contribution in [0, 0.1) is 0 Å². The summed E-state index contributed by atoms with van der Waals surface area (Å²) in [5.74, 6) is 0. The molecule has 3 rings (SSSR count). The molecule has 0 saturated carbocycles. The van der Waals surface area contributed by atoms with Crippen LogP contribution in [-0.2, 0) is 25.4 Å². The summed E-state index contributed by atoms with van der Waals surface area (Å²) in [5, 5.41) is 59.2. The van der Waals surface area contributed by atoms with Crippen LogP contribution >= 0.6 is 0 Å². The Morgan fingerprint density at radius 3 is 2.00 bits per heavy atom. The highest BCUT2D eigenvalue weighted by Gasteiger charge is 2.47. The molecule has 0 bridgehead atoms. The molecular formula is C20H30O10. The molecule has 1 aromatic rings. The molecule has 2 aliphatic rings. The summed E-state index contributed by atoms with van der Waals surface area (Å²) in [6, 6.07) is 9.81. The van der Waals surface area contributed by atoms with Gasteiger partial charge >= 0.3 is 0 Å². The Morgan fingerprint density at radius 1 is 0.733 bits per heavy atom. The van der Waals surface area contributed by atoms with Gasteiger partial charge in [-0.1, -0.05) is 30.3 Å². The number of aliphatic hydroxyl groups excluding tert-OH is 6. The summed E-state index contributed by atoms with van der Waals surface area (Å²) in [7, 11) is 0. The summed E-state index contributed by atoms with van der Waals surface area (Å²) in [6.07, 6.45) is -10.1. The lowest BCUT2D eigenvalue weighted by atomic mass is 9.99. The fourth-order valence-electron chi connectivity index (χ4n) is 3.51. The second kappa shape index (κ2) is 10.9. The maximum absolute atomic E-state index is 10.2. The minimum Gasteiger partial charge on any atom is -0.394 e. The van der Waals surface area contributed by atoms with Gasteiger partial charge in [-0.2, -0.15) is 0 Å². The van der Waals surface area contributed by atoms with Crippen LogP contribution in [0.5, 0.6) is 0 Å². The van der Waals surface area contributed by atoms with Crippen LogP contribution in [0.4, 0.5) is 0 Å². The van der Waals surface area contributed by atoms with Crippen molar-refractivity contribution in [2.45, 2.75) is 68.1 Å². The zero-order chi connectivity index (χ0) is 21.7. The highest BCUT2D eigenvalue weighted by molar-refractivity contribution is 5.14. The summed E-state index contributed by atoms with van der Waals surface area (Å²) in [4.78, 5) is 0. The van der Waals surface area contributed by atoms with Gasteiger partial charge in [0.25, 0.3) is 0 Å². The molecule has 1 aromatic carbocycles. The third-order valence-corrected chi connectivity index (χ3v) is 5.33. The Balaban J connectivity index is 1.48. The van der Waals surface area contributed by atoms with Gasteiger partial charge in [-0.3, -0.25) is 0 Å². The molecule has 0 aliphatic carbocycles. The third kappa shape index (κ3) is 5.54. The van der Waals surface area contributed by atoms with Crippen LogP contribution in [0.2, 0.25) is 0 Å². The van der Waals surface area contributed by atoms with Crippen LogP contribution < -0.4 is 0 Å². The largest absolute Gasteiger partial charge is 0.394 e. The summed E-state index contributed by atoms with van der Waals surface area (Å²) < 4.78 is 21.7. The second-order valence-corrected chi connectivity index (χ2v) is 7.51. The number of hydrogen-bond acceptors (Lipinski definition) is 10. The molecule has 0 amide bonds. The normalized spacial score (nSPS) is 39.3. The first-order valence-electron chi connectivity index (χ1n) is 10.0. The zero-order valence-electron chi connectivity index (χ0n) is 16.4. The van der Waals surface area contributed by atoms with Gasteiger partial charge in [-0.25, -0.2) is 0 Å². The molecule has 0 aromatic heterocycles. The van der Waals surface area contributed by atoms with Gasteiger partial charge in [0, 0.05) is 0 Å². The maximum Gasteiger partial charge on any atom is 0.186 e. The molecular weight excluding hydrogens is 400 g/mol. The van der Waals surface area contributed by atoms with E-state index in [9.17, 15) is 25.5 Å².